The molecule has 1 atom stereocenters. The molecule has 0 unspecified atom stereocenters. The first-order chi connectivity index (χ1) is 11.1. The number of carbonyl (C=O) groups is 1. The molecule has 1 aliphatic rings. The number of aliphatic hydroxyl groups is 1. The van der Waals surface area contributed by atoms with Crippen LogP contribution in [0.2, 0.25) is 0 Å². The Morgan fingerprint density at radius 2 is 2.26 bits per heavy atom. The fourth-order valence-corrected chi connectivity index (χ4v) is 3.66. The maximum Gasteiger partial charge on any atom is 0.257 e. The number of hydrogen-bond donors (Lipinski definition) is 2. The van der Waals surface area contributed by atoms with Gasteiger partial charge in [0.15, 0.2) is 0 Å². The van der Waals surface area contributed by atoms with Gasteiger partial charge in [0.1, 0.15) is 11.9 Å². The maximum atomic E-state index is 12.2. The van der Waals surface area contributed by atoms with E-state index in [-0.39, 0.29) is 5.91 Å². The molecule has 0 spiro atoms. The topological polar surface area (TPSA) is 65.7 Å². The number of furan rings is 1. The van der Waals surface area contributed by atoms with Crippen molar-refractivity contribution in [3.63, 3.8) is 0 Å². The van der Waals surface area contributed by atoms with E-state index in [2.05, 4.69) is 5.32 Å². The van der Waals surface area contributed by atoms with E-state index in [4.69, 9.17) is 4.42 Å². The highest BCUT2D eigenvalue weighted by molar-refractivity contribution is 7.10. The Hall–Kier alpha value is -1.63. The van der Waals surface area contributed by atoms with Crippen LogP contribution >= 0.6 is 11.3 Å². The molecule has 0 bridgehead atoms. The molecule has 6 heteroatoms. The predicted octanol–water partition coefficient (Wildman–Crippen LogP) is 2.44. The minimum atomic E-state index is -0.849. The molecule has 2 N–H and O–H groups in total. The highest BCUT2D eigenvalue weighted by Crippen LogP contribution is 2.25. The summed E-state index contributed by atoms with van der Waals surface area (Å²) >= 11 is 1.57. The number of piperidine rings is 1. The van der Waals surface area contributed by atoms with Crippen LogP contribution in [0.5, 0.6) is 0 Å². The molecule has 2 aromatic heterocycles. The zero-order valence-corrected chi connectivity index (χ0v) is 14.0. The second kappa shape index (κ2) is 6.86. The minimum Gasteiger partial charge on any atom is -0.472 e. The number of rotatable bonds is 5. The highest BCUT2D eigenvalue weighted by atomic mass is 32.1. The summed E-state index contributed by atoms with van der Waals surface area (Å²) < 4.78 is 4.97. The van der Waals surface area contributed by atoms with Gasteiger partial charge in [0.25, 0.3) is 5.91 Å². The van der Waals surface area contributed by atoms with E-state index in [9.17, 15) is 9.90 Å². The van der Waals surface area contributed by atoms with Crippen LogP contribution in [0.15, 0.2) is 40.5 Å². The van der Waals surface area contributed by atoms with E-state index >= 15 is 0 Å². The van der Waals surface area contributed by atoms with Gasteiger partial charge in [0, 0.05) is 30.6 Å². The Kier molecular flexibility index (Phi) is 4.84. The summed E-state index contributed by atoms with van der Waals surface area (Å²) in [5, 5.41) is 16.0. The van der Waals surface area contributed by atoms with Gasteiger partial charge >= 0.3 is 0 Å². The molecule has 2 aromatic rings. The summed E-state index contributed by atoms with van der Waals surface area (Å²) in [4.78, 5) is 15.1. The first-order valence-electron chi connectivity index (χ1n) is 7.87. The van der Waals surface area contributed by atoms with Crippen LogP contribution in [0.3, 0.4) is 0 Å². The van der Waals surface area contributed by atoms with Crippen LogP contribution in [-0.4, -0.2) is 41.6 Å². The molecule has 3 rings (SSSR count). The summed E-state index contributed by atoms with van der Waals surface area (Å²) in [7, 11) is 0. The molecular weight excluding hydrogens is 312 g/mol. The van der Waals surface area contributed by atoms with E-state index in [1.807, 2.05) is 29.3 Å². The molecule has 1 aliphatic heterocycles. The van der Waals surface area contributed by atoms with Gasteiger partial charge in [0.05, 0.1) is 11.8 Å². The monoisotopic (exact) mass is 334 g/mol. The fourth-order valence-electron chi connectivity index (χ4n) is 2.87. The maximum absolute atomic E-state index is 12.2. The van der Waals surface area contributed by atoms with Gasteiger partial charge in [-0.25, -0.2) is 0 Å². The van der Waals surface area contributed by atoms with Crippen LogP contribution in [0.4, 0.5) is 0 Å². The number of nitrogens with zero attached hydrogens (tertiary/aromatic N) is 1. The molecule has 0 aliphatic carbocycles. The van der Waals surface area contributed by atoms with Crippen molar-refractivity contribution in [1.82, 2.24) is 10.2 Å². The number of nitrogens with one attached hydrogen (secondary N) is 1. The van der Waals surface area contributed by atoms with Gasteiger partial charge in [-0.2, -0.15) is 0 Å². The van der Waals surface area contributed by atoms with Crippen molar-refractivity contribution in [3.05, 3.63) is 46.5 Å². The second-order valence-corrected chi connectivity index (χ2v) is 7.16. The molecule has 0 aromatic carbocycles. The second-order valence-electron chi connectivity index (χ2n) is 6.21. The molecule has 124 valence electrons. The summed E-state index contributed by atoms with van der Waals surface area (Å²) in [6.45, 7) is 3.81. The Morgan fingerprint density at radius 3 is 2.87 bits per heavy atom. The largest absolute Gasteiger partial charge is 0.472 e. The average Bonchev–Trinajstić information content (AvgIpc) is 3.26. The Bertz CT molecular complexity index is 614. The van der Waals surface area contributed by atoms with E-state index < -0.39 is 5.60 Å². The molecule has 3 heterocycles. The van der Waals surface area contributed by atoms with Crippen molar-refractivity contribution in [1.29, 1.82) is 0 Å². The van der Waals surface area contributed by atoms with Crippen molar-refractivity contribution in [2.75, 3.05) is 19.6 Å². The zero-order valence-electron chi connectivity index (χ0n) is 13.2. The smallest absolute Gasteiger partial charge is 0.257 e. The van der Waals surface area contributed by atoms with Gasteiger partial charge in [-0.3, -0.25) is 4.79 Å². The number of thiophene rings is 1. The van der Waals surface area contributed by atoms with E-state index in [1.165, 1.54) is 12.5 Å². The SMILES string of the molecule is C[C@](O)(CNC1CCN(C(=O)c2ccoc2)CC1)c1cccs1. The molecule has 0 radical (unpaired) electrons. The predicted molar refractivity (Wildman–Crippen MR) is 89.5 cm³/mol. The molecule has 1 amide bonds. The van der Waals surface area contributed by atoms with Crippen LogP contribution in [0, 0.1) is 0 Å². The average molecular weight is 334 g/mol. The summed E-state index contributed by atoms with van der Waals surface area (Å²) in [6, 6.07) is 5.94. The van der Waals surface area contributed by atoms with Gasteiger partial charge in [-0.15, -0.1) is 11.3 Å². The molecular formula is C17H22N2O3S. The van der Waals surface area contributed by atoms with Crippen molar-refractivity contribution in [3.8, 4) is 0 Å². The standard InChI is InChI=1S/C17H22N2O3S/c1-17(21,15-3-2-10-23-15)12-18-14-4-7-19(8-5-14)16(20)13-6-9-22-11-13/h2-3,6,9-11,14,18,21H,4-5,7-8,12H2,1H3/t17-/m0/s1. The summed E-state index contributed by atoms with van der Waals surface area (Å²) in [5.41, 5.74) is -0.241. The van der Waals surface area contributed by atoms with Crippen molar-refractivity contribution in [2.45, 2.75) is 31.4 Å². The lowest BCUT2D eigenvalue weighted by atomic mass is 10.0. The van der Waals surface area contributed by atoms with Crippen molar-refractivity contribution < 1.29 is 14.3 Å². The third-order valence-electron chi connectivity index (χ3n) is 4.34. The lowest BCUT2D eigenvalue weighted by Crippen LogP contribution is -2.47. The van der Waals surface area contributed by atoms with Crippen molar-refractivity contribution >= 4 is 17.2 Å². The number of likely N-dealkylation sites (tertiary alicyclic amines) is 1. The lowest BCUT2D eigenvalue weighted by Gasteiger charge is -2.34. The molecule has 5 nitrogen and oxygen atoms in total. The Balaban J connectivity index is 1.47. The Morgan fingerprint density at radius 1 is 1.48 bits per heavy atom. The number of carbonyl (C=O) groups excluding carboxylic acids is 1. The third-order valence-corrected chi connectivity index (χ3v) is 5.46. The van der Waals surface area contributed by atoms with E-state index in [0.717, 1.165) is 30.8 Å². The minimum absolute atomic E-state index is 0.0304. The molecule has 0 saturated carbocycles. The number of amides is 1. The normalized spacial score (nSPS) is 18.8. The lowest BCUT2D eigenvalue weighted by molar-refractivity contribution is 0.0511. The van der Waals surface area contributed by atoms with E-state index in [1.54, 1.807) is 17.4 Å². The van der Waals surface area contributed by atoms with Gasteiger partial charge in [-0.05, 0) is 37.3 Å². The highest BCUT2D eigenvalue weighted by Gasteiger charge is 2.28. The quantitative estimate of drug-likeness (QED) is 0.881. The summed E-state index contributed by atoms with van der Waals surface area (Å²) in [5.74, 6) is 0.0304. The van der Waals surface area contributed by atoms with Gasteiger partial charge < -0.3 is 19.7 Å². The van der Waals surface area contributed by atoms with Crippen LogP contribution < -0.4 is 5.32 Å². The first kappa shape index (κ1) is 16.2. The summed E-state index contributed by atoms with van der Waals surface area (Å²) in [6.07, 6.45) is 4.80. The van der Waals surface area contributed by atoms with E-state index in [0.29, 0.717) is 18.2 Å². The Labute approximate surface area is 139 Å². The first-order valence-corrected chi connectivity index (χ1v) is 8.75. The molecule has 23 heavy (non-hydrogen) atoms. The molecule has 1 fully saturated rings. The third kappa shape index (κ3) is 3.83. The van der Waals surface area contributed by atoms with Crippen LogP contribution in [0.1, 0.15) is 35.0 Å². The van der Waals surface area contributed by atoms with Gasteiger partial charge in [0.2, 0.25) is 0 Å². The van der Waals surface area contributed by atoms with Crippen molar-refractivity contribution in [2.24, 2.45) is 0 Å². The zero-order chi connectivity index (χ0) is 16.3. The van der Waals surface area contributed by atoms with Crippen LogP contribution in [0.25, 0.3) is 0 Å². The number of hydrogen-bond acceptors (Lipinski definition) is 5. The fraction of sp³-hybridized carbons (Fsp3) is 0.471. The van der Waals surface area contributed by atoms with Crippen LogP contribution in [-0.2, 0) is 5.60 Å². The van der Waals surface area contributed by atoms with Gasteiger partial charge in [-0.1, -0.05) is 6.07 Å². The molecule has 1 saturated heterocycles.